The Bertz CT molecular complexity index is 1360. The predicted molar refractivity (Wildman–Crippen MR) is 153 cm³/mol. The first kappa shape index (κ1) is 29.7. The van der Waals surface area contributed by atoms with Gasteiger partial charge in [0.2, 0.25) is 11.8 Å². The van der Waals surface area contributed by atoms with E-state index in [1.165, 1.54) is 17.0 Å². The number of carbonyl (C=O) groups is 2. The van der Waals surface area contributed by atoms with E-state index in [9.17, 15) is 18.0 Å². The number of ether oxygens (including phenoxy) is 1. The van der Waals surface area contributed by atoms with Crippen molar-refractivity contribution in [2.45, 2.75) is 51.6 Å². The molecule has 0 fully saturated rings. The molecule has 3 rings (SSSR count). The lowest BCUT2D eigenvalue weighted by atomic mass is 10.1. The third-order valence-electron chi connectivity index (χ3n) is 6.38. The predicted octanol–water partition coefficient (Wildman–Crippen LogP) is 4.53. The van der Waals surface area contributed by atoms with Crippen molar-refractivity contribution in [1.29, 1.82) is 0 Å². The highest BCUT2D eigenvalue weighted by atomic mass is 32.2. The van der Waals surface area contributed by atoms with Crippen LogP contribution in [-0.2, 0) is 26.2 Å². The molecule has 0 radical (unpaired) electrons. The normalized spacial score (nSPS) is 11.9. The van der Waals surface area contributed by atoms with Gasteiger partial charge in [0.15, 0.2) is 0 Å². The minimum atomic E-state index is -4.16. The first-order valence-electron chi connectivity index (χ1n) is 13.2. The van der Waals surface area contributed by atoms with Gasteiger partial charge in [0.25, 0.3) is 10.0 Å². The summed E-state index contributed by atoms with van der Waals surface area (Å²) < 4.78 is 34.7. The van der Waals surface area contributed by atoms with Gasteiger partial charge in [-0.2, -0.15) is 0 Å². The molecule has 3 aromatic carbocycles. The van der Waals surface area contributed by atoms with Gasteiger partial charge in [-0.25, -0.2) is 8.42 Å². The van der Waals surface area contributed by atoms with Crippen LogP contribution in [0, 0.1) is 6.92 Å². The highest BCUT2D eigenvalue weighted by Gasteiger charge is 2.34. The van der Waals surface area contributed by atoms with E-state index in [0.29, 0.717) is 25.3 Å². The highest BCUT2D eigenvalue weighted by molar-refractivity contribution is 7.92. The molecule has 0 saturated heterocycles. The van der Waals surface area contributed by atoms with E-state index >= 15 is 0 Å². The van der Waals surface area contributed by atoms with E-state index in [0.717, 1.165) is 15.4 Å². The smallest absolute Gasteiger partial charge is 0.264 e. The number of nitrogens with zero attached hydrogens (tertiary/aromatic N) is 2. The van der Waals surface area contributed by atoms with Crippen molar-refractivity contribution in [3.05, 3.63) is 90.0 Å². The van der Waals surface area contributed by atoms with E-state index in [2.05, 4.69) is 5.32 Å². The molecule has 0 saturated carbocycles. The maximum Gasteiger partial charge on any atom is 0.264 e. The summed E-state index contributed by atoms with van der Waals surface area (Å²) in [5, 5.41) is 2.81. The number of rotatable bonds is 13. The van der Waals surface area contributed by atoms with Crippen LogP contribution in [0.3, 0.4) is 0 Å². The summed E-state index contributed by atoms with van der Waals surface area (Å²) in [5.74, 6) is -0.440. The standard InChI is InChI=1S/C30H37N3O5S/c1-5-26(30(35)31-6-2)32(21-24-16-12-11-15-23(24)4)29(34)22-33(27-19-13-14-20-28(27)38-7-3)39(36,37)25-17-9-8-10-18-25/h8-20,26H,5-7,21-22H2,1-4H3,(H,31,35). The van der Waals surface area contributed by atoms with Crippen molar-refractivity contribution in [3.8, 4) is 5.75 Å². The Kier molecular flexibility index (Phi) is 10.5. The van der Waals surface area contributed by atoms with Crippen molar-refractivity contribution in [3.63, 3.8) is 0 Å². The Morgan fingerprint density at radius 2 is 1.54 bits per heavy atom. The Morgan fingerprint density at radius 1 is 0.897 bits per heavy atom. The number of hydrogen-bond acceptors (Lipinski definition) is 5. The number of aryl methyl sites for hydroxylation is 1. The molecule has 0 aliphatic rings. The molecule has 0 heterocycles. The van der Waals surface area contributed by atoms with Crippen molar-refractivity contribution < 1.29 is 22.7 Å². The van der Waals surface area contributed by atoms with Crippen molar-refractivity contribution in [2.24, 2.45) is 0 Å². The quantitative estimate of drug-likeness (QED) is 0.337. The van der Waals surface area contributed by atoms with Crippen LogP contribution in [0.15, 0.2) is 83.8 Å². The molecule has 208 valence electrons. The lowest BCUT2D eigenvalue weighted by molar-refractivity contribution is -0.140. The number of hydrogen-bond donors (Lipinski definition) is 1. The van der Waals surface area contributed by atoms with Crippen molar-refractivity contribution in [2.75, 3.05) is 24.0 Å². The zero-order valence-corrected chi connectivity index (χ0v) is 23.8. The molecule has 0 bridgehead atoms. The van der Waals surface area contributed by atoms with Crippen LogP contribution in [0.25, 0.3) is 0 Å². The third kappa shape index (κ3) is 7.17. The Balaban J connectivity index is 2.11. The number of amides is 2. The van der Waals surface area contributed by atoms with Crippen molar-refractivity contribution in [1.82, 2.24) is 10.2 Å². The molecule has 8 nitrogen and oxygen atoms in total. The average molecular weight is 552 g/mol. The number of likely N-dealkylation sites (N-methyl/N-ethyl adjacent to an activating group) is 1. The van der Waals surface area contributed by atoms with E-state index in [1.54, 1.807) is 49.4 Å². The van der Waals surface area contributed by atoms with E-state index in [1.807, 2.05) is 45.0 Å². The number of nitrogens with one attached hydrogen (secondary N) is 1. The minimum Gasteiger partial charge on any atom is -0.492 e. The number of anilines is 1. The lowest BCUT2D eigenvalue weighted by Gasteiger charge is -2.33. The van der Waals surface area contributed by atoms with E-state index < -0.39 is 28.5 Å². The molecule has 9 heteroatoms. The molecule has 0 aliphatic carbocycles. The van der Waals surface area contributed by atoms with Crippen LogP contribution in [0.1, 0.15) is 38.3 Å². The molecular formula is C30H37N3O5S. The summed E-state index contributed by atoms with van der Waals surface area (Å²) in [4.78, 5) is 28.7. The Labute approximate surface area is 231 Å². The topological polar surface area (TPSA) is 96.0 Å². The summed E-state index contributed by atoms with van der Waals surface area (Å²) >= 11 is 0. The summed E-state index contributed by atoms with van der Waals surface area (Å²) in [6.07, 6.45) is 0.365. The van der Waals surface area contributed by atoms with Gasteiger partial charge in [-0.3, -0.25) is 13.9 Å². The zero-order valence-electron chi connectivity index (χ0n) is 23.0. The van der Waals surface area contributed by atoms with Crippen LogP contribution in [0.5, 0.6) is 5.75 Å². The lowest BCUT2D eigenvalue weighted by Crippen LogP contribution is -2.52. The van der Waals surface area contributed by atoms with Gasteiger partial charge >= 0.3 is 0 Å². The van der Waals surface area contributed by atoms with Crippen LogP contribution in [0.2, 0.25) is 0 Å². The largest absolute Gasteiger partial charge is 0.492 e. The zero-order chi connectivity index (χ0) is 28.4. The Hall–Kier alpha value is -3.85. The SMILES string of the molecule is CCNC(=O)C(CC)N(Cc1ccccc1C)C(=O)CN(c1ccccc1OCC)S(=O)(=O)c1ccccc1. The molecule has 2 amide bonds. The molecule has 0 aliphatic heterocycles. The summed E-state index contributed by atoms with van der Waals surface area (Å²) in [5.41, 5.74) is 2.09. The number of sulfonamides is 1. The highest BCUT2D eigenvalue weighted by Crippen LogP contribution is 2.33. The van der Waals surface area contributed by atoms with Gasteiger partial charge in [-0.1, -0.05) is 61.5 Å². The molecule has 1 N–H and O–H groups in total. The summed E-state index contributed by atoms with van der Waals surface area (Å²) in [7, 11) is -4.16. The second-order valence-corrected chi connectivity index (χ2v) is 10.9. The molecule has 1 atom stereocenters. The van der Waals surface area contributed by atoms with Gasteiger partial charge in [-0.15, -0.1) is 0 Å². The Morgan fingerprint density at radius 3 is 2.18 bits per heavy atom. The maximum atomic E-state index is 14.1. The molecule has 39 heavy (non-hydrogen) atoms. The fourth-order valence-electron chi connectivity index (χ4n) is 4.36. The van der Waals surface area contributed by atoms with Crippen LogP contribution in [0.4, 0.5) is 5.69 Å². The summed E-state index contributed by atoms with van der Waals surface area (Å²) in [6, 6.07) is 21.6. The number of benzene rings is 3. The second-order valence-electron chi connectivity index (χ2n) is 8.99. The third-order valence-corrected chi connectivity index (χ3v) is 8.16. The molecular weight excluding hydrogens is 514 g/mol. The monoisotopic (exact) mass is 551 g/mol. The van der Waals surface area contributed by atoms with Gasteiger partial charge in [0.05, 0.1) is 17.2 Å². The average Bonchev–Trinajstić information content (AvgIpc) is 2.93. The van der Waals surface area contributed by atoms with Gasteiger partial charge in [-0.05, 0) is 62.6 Å². The molecule has 0 spiro atoms. The van der Waals surface area contributed by atoms with Crippen LogP contribution >= 0.6 is 0 Å². The first-order valence-corrected chi connectivity index (χ1v) is 14.6. The van der Waals surface area contributed by atoms with E-state index in [4.69, 9.17) is 4.74 Å². The minimum absolute atomic E-state index is 0.0466. The second kappa shape index (κ2) is 13.8. The van der Waals surface area contributed by atoms with Gasteiger partial charge in [0, 0.05) is 13.1 Å². The maximum absolute atomic E-state index is 14.1. The molecule has 1 unspecified atom stereocenters. The van der Waals surface area contributed by atoms with Gasteiger partial charge < -0.3 is 15.0 Å². The molecule has 0 aromatic heterocycles. The first-order chi connectivity index (χ1) is 18.7. The van der Waals surface area contributed by atoms with Crippen molar-refractivity contribution >= 4 is 27.5 Å². The molecule has 3 aromatic rings. The fourth-order valence-corrected chi connectivity index (χ4v) is 5.80. The van der Waals surface area contributed by atoms with Crippen LogP contribution < -0.4 is 14.4 Å². The van der Waals surface area contributed by atoms with E-state index in [-0.39, 0.29) is 23.0 Å². The summed E-state index contributed by atoms with van der Waals surface area (Å²) in [6.45, 7) is 7.78. The number of para-hydroxylation sites is 2. The van der Waals surface area contributed by atoms with Crippen LogP contribution in [-0.4, -0.2) is 50.9 Å². The fraction of sp³-hybridized carbons (Fsp3) is 0.333. The number of carbonyl (C=O) groups excluding carboxylic acids is 2. The van der Waals surface area contributed by atoms with Gasteiger partial charge in [0.1, 0.15) is 18.3 Å².